The highest BCUT2D eigenvalue weighted by Gasteiger charge is 2.40. The number of aromatic nitrogens is 1. The summed E-state index contributed by atoms with van der Waals surface area (Å²) in [4.78, 5) is 21.2. The first-order valence-electron chi connectivity index (χ1n) is 9.85. The smallest absolute Gasteiger partial charge is 0.241 e. The predicted molar refractivity (Wildman–Crippen MR) is 99.7 cm³/mol. The quantitative estimate of drug-likeness (QED) is 0.664. The molecule has 27 heavy (non-hydrogen) atoms. The zero-order chi connectivity index (χ0) is 18.7. The maximum Gasteiger partial charge on any atom is 0.241 e. The van der Waals surface area contributed by atoms with Gasteiger partial charge in [-0.2, -0.15) is 0 Å². The Labute approximate surface area is 159 Å². The molecule has 3 N–H and O–H groups in total. The summed E-state index contributed by atoms with van der Waals surface area (Å²) >= 11 is 0. The Balaban J connectivity index is 1.38. The van der Waals surface area contributed by atoms with Crippen molar-refractivity contribution in [2.75, 3.05) is 45.9 Å². The van der Waals surface area contributed by atoms with Crippen LogP contribution in [-0.2, 0) is 9.53 Å². The third-order valence-corrected chi connectivity index (χ3v) is 5.70. The highest BCUT2D eigenvalue weighted by atomic mass is 16.5. The molecular weight excluding hydrogens is 346 g/mol. The normalized spacial score (nSPS) is 32.6. The molecule has 4 rings (SSSR count). The van der Waals surface area contributed by atoms with Gasteiger partial charge in [0.25, 0.3) is 0 Å². The Kier molecular flexibility index (Phi) is 5.70. The lowest BCUT2D eigenvalue weighted by atomic mass is 10.0. The highest BCUT2D eigenvalue weighted by Crippen LogP contribution is 2.24. The minimum absolute atomic E-state index is 0.0180. The van der Waals surface area contributed by atoms with Gasteiger partial charge in [0.1, 0.15) is 11.6 Å². The Morgan fingerprint density at radius 1 is 1.26 bits per heavy atom. The van der Waals surface area contributed by atoms with Gasteiger partial charge in [0.2, 0.25) is 5.91 Å². The van der Waals surface area contributed by atoms with Crippen molar-refractivity contribution in [3.05, 3.63) is 30.1 Å². The molecule has 0 spiro atoms. The van der Waals surface area contributed by atoms with Crippen molar-refractivity contribution in [3.63, 3.8) is 0 Å². The number of amides is 1. The van der Waals surface area contributed by atoms with Gasteiger partial charge in [0, 0.05) is 31.5 Å². The van der Waals surface area contributed by atoms with Crippen molar-refractivity contribution in [3.8, 4) is 0 Å². The van der Waals surface area contributed by atoms with E-state index < -0.39 is 5.60 Å². The van der Waals surface area contributed by atoms with Gasteiger partial charge >= 0.3 is 0 Å². The van der Waals surface area contributed by atoms with E-state index in [9.17, 15) is 9.90 Å². The lowest BCUT2D eigenvalue weighted by Crippen LogP contribution is -2.55. The van der Waals surface area contributed by atoms with E-state index in [4.69, 9.17) is 4.74 Å². The number of aliphatic hydroxyl groups is 1. The number of rotatable bonds is 4. The molecular formula is C19H29N5O3. The second-order valence-electron chi connectivity index (χ2n) is 7.93. The topological polar surface area (TPSA) is 90.0 Å². The molecule has 148 valence electrons. The lowest BCUT2D eigenvalue weighted by Gasteiger charge is -2.34. The number of hydrazine groups is 1. The van der Waals surface area contributed by atoms with E-state index in [1.807, 2.05) is 12.1 Å². The third kappa shape index (κ3) is 4.47. The minimum Gasteiger partial charge on any atom is -0.384 e. The fourth-order valence-corrected chi connectivity index (χ4v) is 4.31. The van der Waals surface area contributed by atoms with Crippen LogP contribution in [0.4, 0.5) is 0 Å². The Bertz CT molecular complexity index is 639. The van der Waals surface area contributed by atoms with E-state index in [0.717, 1.165) is 18.7 Å². The first kappa shape index (κ1) is 18.8. The van der Waals surface area contributed by atoms with Gasteiger partial charge in [-0.15, -0.1) is 0 Å². The number of nitrogens with one attached hydrogen (secondary N) is 2. The van der Waals surface area contributed by atoms with Crippen LogP contribution in [0.5, 0.6) is 0 Å². The first-order valence-corrected chi connectivity index (χ1v) is 9.85. The van der Waals surface area contributed by atoms with Gasteiger partial charge in [-0.1, -0.05) is 0 Å². The zero-order valence-corrected chi connectivity index (χ0v) is 15.6. The second kappa shape index (κ2) is 8.20. The van der Waals surface area contributed by atoms with Crippen LogP contribution < -0.4 is 10.9 Å². The number of hydrogen-bond acceptors (Lipinski definition) is 7. The standard InChI is InChI=1S/C19H29N5O3/c25-18(17-11-16(21-22-17)15-3-5-20-6-4-15)24-9-10-27-14-19(26,13-24)12-23-7-1-2-8-23/h3-6,16-17,21-22,26H,1-2,7-14H2. The average molecular weight is 375 g/mol. The maximum absolute atomic E-state index is 13.1. The fraction of sp³-hybridized carbons (Fsp3) is 0.684. The van der Waals surface area contributed by atoms with E-state index in [2.05, 4.69) is 20.7 Å². The van der Waals surface area contributed by atoms with Crippen LogP contribution in [-0.4, -0.2) is 83.4 Å². The summed E-state index contributed by atoms with van der Waals surface area (Å²) in [5.74, 6) is 0.0180. The molecule has 1 aromatic rings. The first-order chi connectivity index (χ1) is 13.1. The van der Waals surface area contributed by atoms with Gasteiger partial charge in [-0.3, -0.25) is 9.78 Å². The van der Waals surface area contributed by atoms with Crippen molar-refractivity contribution in [2.24, 2.45) is 0 Å². The van der Waals surface area contributed by atoms with Gasteiger partial charge < -0.3 is 19.6 Å². The SMILES string of the molecule is O=C(C1CC(c2ccncc2)NN1)N1CCOCC(O)(CN2CCCC2)C1. The molecule has 4 heterocycles. The molecule has 3 fully saturated rings. The molecule has 1 aromatic heterocycles. The molecule has 3 aliphatic heterocycles. The van der Waals surface area contributed by atoms with Gasteiger partial charge in [0.05, 0.1) is 19.8 Å². The number of likely N-dealkylation sites (tertiary alicyclic amines) is 1. The molecule has 0 saturated carbocycles. The lowest BCUT2D eigenvalue weighted by molar-refractivity contribution is -0.136. The van der Waals surface area contributed by atoms with E-state index in [-0.39, 0.29) is 24.6 Å². The van der Waals surface area contributed by atoms with Crippen LogP contribution >= 0.6 is 0 Å². The molecule has 0 aliphatic carbocycles. The molecule has 8 nitrogen and oxygen atoms in total. The molecule has 3 unspecified atom stereocenters. The molecule has 3 aliphatic rings. The molecule has 8 heteroatoms. The predicted octanol–water partition coefficient (Wildman–Crippen LogP) is -0.325. The number of ether oxygens (including phenoxy) is 1. The third-order valence-electron chi connectivity index (χ3n) is 5.70. The van der Waals surface area contributed by atoms with Crippen LogP contribution in [0.3, 0.4) is 0 Å². The molecule has 3 saturated heterocycles. The zero-order valence-electron chi connectivity index (χ0n) is 15.6. The number of pyridine rings is 1. The summed E-state index contributed by atoms with van der Waals surface area (Å²) in [6.45, 7) is 4.16. The second-order valence-corrected chi connectivity index (χ2v) is 7.93. The summed E-state index contributed by atoms with van der Waals surface area (Å²) in [5, 5.41) is 11.1. The largest absolute Gasteiger partial charge is 0.384 e. The van der Waals surface area contributed by atoms with E-state index >= 15 is 0 Å². The van der Waals surface area contributed by atoms with Crippen molar-refractivity contribution >= 4 is 5.91 Å². The van der Waals surface area contributed by atoms with E-state index in [1.165, 1.54) is 12.8 Å². The molecule has 3 atom stereocenters. The summed E-state index contributed by atoms with van der Waals surface area (Å²) in [7, 11) is 0. The molecule has 1 amide bonds. The van der Waals surface area contributed by atoms with Crippen LogP contribution in [0.2, 0.25) is 0 Å². The summed E-state index contributed by atoms with van der Waals surface area (Å²) in [5.41, 5.74) is 6.44. The van der Waals surface area contributed by atoms with Crippen LogP contribution in [0.25, 0.3) is 0 Å². The van der Waals surface area contributed by atoms with Crippen molar-refractivity contribution in [2.45, 2.75) is 36.9 Å². The minimum atomic E-state index is -1.01. The van der Waals surface area contributed by atoms with Crippen molar-refractivity contribution in [1.29, 1.82) is 0 Å². The Morgan fingerprint density at radius 2 is 2.04 bits per heavy atom. The van der Waals surface area contributed by atoms with Gasteiger partial charge in [-0.05, 0) is 50.0 Å². The van der Waals surface area contributed by atoms with Gasteiger partial charge in [-0.25, -0.2) is 10.9 Å². The summed E-state index contributed by atoms with van der Waals surface area (Å²) < 4.78 is 5.64. The molecule has 0 aromatic carbocycles. The van der Waals surface area contributed by atoms with Crippen LogP contribution in [0.1, 0.15) is 30.9 Å². The molecule has 0 radical (unpaired) electrons. The Morgan fingerprint density at radius 3 is 2.81 bits per heavy atom. The summed E-state index contributed by atoms with van der Waals surface area (Å²) in [6.07, 6.45) is 6.54. The number of hydrogen-bond donors (Lipinski definition) is 3. The van der Waals surface area contributed by atoms with Crippen molar-refractivity contribution < 1.29 is 14.6 Å². The number of carbonyl (C=O) groups is 1. The maximum atomic E-state index is 13.1. The highest BCUT2D eigenvalue weighted by molar-refractivity contribution is 5.82. The van der Waals surface area contributed by atoms with E-state index in [1.54, 1.807) is 17.3 Å². The monoisotopic (exact) mass is 375 g/mol. The van der Waals surface area contributed by atoms with Gasteiger partial charge in [0.15, 0.2) is 0 Å². The number of carbonyl (C=O) groups excluding carboxylic acids is 1. The number of β-amino-alcohol motifs (C(OH)–C–C–N with tert-alkyl or cyclic N) is 1. The Hall–Kier alpha value is -1.58. The van der Waals surface area contributed by atoms with E-state index in [0.29, 0.717) is 32.7 Å². The van der Waals surface area contributed by atoms with Crippen molar-refractivity contribution in [1.82, 2.24) is 25.6 Å². The summed E-state index contributed by atoms with van der Waals surface area (Å²) in [6, 6.07) is 3.69. The van der Waals surface area contributed by atoms with Crippen LogP contribution in [0, 0.1) is 0 Å². The average Bonchev–Trinajstić information content (AvgIpc) is 3.33. The number of nitrogens with zero attached hydrogens (tertiary/aromatic N) is 3. The molecule has 0 bridgehead atoms. The van der Waals surface area contributed by atoms with Crippen LogP contribution in [0.15, 0.2) is 24.5 Å². The fourth-order valence-electron chi connectivity index (χ4n) is 4.31.